The van der Waals surface area contributed by atoms with Gasteiger partial charge in [-0.2, -0.15) is 0 Å². The van der Waals surface area contributed by atoms with E-state index in [-0.39, 0.29) is 0 Å². The third kappa shape index (κ3) is 1.86. The molecule has 1 aromatic heterocycles. The highest BCUT2D eigenvalue weighted by Gasteiger charge is 2.06. The third-order valence-electron chi connectivity index (χ3n) is 2.69. The fraction of sp³-hybridized carbons (Fsp3) is 0.308. The first kappa shape index (κ1) is 10.9. The minimum atomic E-state index is 0.830. The molecule has 3 heteroatoms. The Morgan fingerprint density at radius 3 is 2.88 bits per heavy atom. The molecule has 2 rings (SSSR count). The number of aryl methyl sites for hydroxylation is 1. The number of aromatic nitrogens is 1. The van der Waals surface area contributed by atoms with E-state index in [1.165, 1.54) is 5.56 Å². The van der Waals surface area contributed by atoms with E-state index in [1.807, 2.05) is 26.1 Å². The van der Waals surface area contributed by atoms with Gasteiger partial charge in [-0.25, -0.2) is 4.98 Å². The first-order valence-electron chi connectivity index (χ1n) is 5.34. The van der Waals surface area contributed by atoms with E-state index >= 15 is 0 Å². The van der Waals surface area contributed by atoms with Gasteiger partial charge in [0.25, 0.3) is 0 Å². The molecule has 0 unspecified atom stereocenters. The number of nitrogens with zero attached hydrogens (tertiary/aromatic N) is 1. The number of nitrogens with one attached hydrogen (secondary N) is 1. The fourth-order valence-corrected chi connectivity index (χ4v) is 1.84. The van der Waals surface area contributed by atoms with Gasteiger partial charge in [-0.3, -0.25) is 0 Å². The summed E-state index contributed by atoms with van der Waals surface area (Å²) in [5.41, 5.74) is 3.21. The van der Waals surface area contributed by atoms with Gasteiger partial charge in [-0.05, 0) is 31.7 Å². The molecule has 0 spiro atoms. The summed E-state index contributed by atoms with van der Waals surface area (Å²) in [6, 6.07) is 8.15. The summed E-state index contributed by atoms with van der Waals surface area (Å²) in [7, 11) is 3.61. The molecule has 0 radical (unpaired) electrons. The van der Waals surface area contributed by atoms with Crippen LogP contribution >= 0.6 is 0 Å². The summed E-state index contributed by atoms with van der Waals surface area (Å²) in [6.45, 7) is 2.87. The molecule has 16 heavy (non-hydrogen) atoms. The van der Waals surface area contributed by atoms with Gasteiger partial charge in [0.2, 0.25) is 0 Å². The first-order valence-corrected chi connectivity index (χ1v) is 5.34. The monoisotopic (exact) mass is 216 g/mol. The summed E-state index contributed by atoms with van der Waals surface area (Å²) in [6.07, 6.45) is 0. The maximum Gasteiger partial charge on any atom is 0.145 e. The number of fused-ring (bicyclic) bond motifs is 1. The molecule has 1 N–H and O–H groups in total. The maximum atomic E-state index is 5.30. The Morgan fingerprint density at radius 2 is 2.19 bits per heavy atom. The summed E-state index contributed by atoms with van der Waals surface area (Å²) in [5, 5.41) is 4.27. The van der Waals surface area contributed by atoms with Crippen molar-refractivity contribution in [1.29, 1.82) is 0 Å². The van der Waals surface area contributed by atoms with Crippen LogP contribution in [0.3, 0.4) is 0 Å². The Kier molecular flexibility index (Phi) is 3.06. The second-order valence-electron chi connectivity index (χ2n) is 3.80. The lowest BCUT2D eigenvalue weighted by Crippen LogP contribution is -2.07. The highest BCUT2D eigenvalue weighted by Crippen LogP contribution is 2.25. The normalized spacial score (nSPS) is 10.7. The van der Waals surface area contributed by atoms with Crippen molar-refractivity contribution >= 4 is 10.9 Å². The minimum Gasteiger partial charge on any atom is -0.494 e. The highest BCUT2D eigenvalue weighted by atomic mass is 16.5. The zero-order valence-corrected chi connectivity index (χ0v) is 9.87. The van der Waals surface area contributed by atoms with Gasteiger partial charge in [0.1, 0.15) is 11.3 Å². The smallest absolute Gasteiger partial charge is 0.145 e. The molecule has 0 amide bonds. The number of hydrogen-bond donors (Lipinski definition) is 1. The Morgan fingerprint density at radius 1 is 1.38 bits per heavy atom. The maximum absolute atomic E-state index is 5.30. The number of rotatable bonds is 3. The van der Waals surface area contributed by atoms with Crippen LogP contribution in [-0.4, -0.2) is 19.1 Å². The average molecular weight is 216 g/mol. The number of pyridine rings is 1. The number of ether oxygens (including phenoxy) is 1. The van der Waals surface area contributed by atoms with Crippen molar-refractivity contribution in [2.75, 3.05) is 14.2 Å². The van der Waals surface area contributed by atoms with Gasteiger partial charge in [0.05, 0.1) is 7.11 Å². The van der Waals surface area contributed by atoms with E-state index in [2.05, 4.69) is 22.4 Å². The van der Waals surface area contributed by atoms with Crippen LogP contribution in [0.5, 0.6) is 5.75 Å². The van der Waals surface area contributed by atoms with Gasteiger partial charge in [0, 0.05) is 17.6 Å². The molecule has 2 aromatic rings. The van der Waals surface area contributed by atoms with Crippen LogP contribution in [0, 0.1) is 6.92 Å². The fourth-order valence-electron chi connectivity index (χ4n) is 1.84. The minimum absolute atomic E-state index is 0.830. The van der Waals surface area contributed by atoms with Gasteiger partial charge in [0.15, 0.2) is 0 Å². The van der Waals surface area contributed by atoms with Crippen LogP contribution in [0.4, 0.5) is 0 Å². The molecule has 0 aliphatic carbocycles. The topological polar surface area (TPSA) is 34.1 Å². The van der Waals surface area contributed by atoms with E-state index in [4.69, 9.17) is 4.74 Å². The van der Waals surface area contributed by atoms with E-state index in [0.29, 0.717) is 0 Å². The quantitative estimate of drug-likeness (QED) is 0.854. The van der Waals surface area contributed by atoms with E-state index in [1.54, 1.807) is 7.11 Å². The lowest BCUT2D eigenvalue weighted by atomic mass is 10.1. The van der Waals surface area contributed by atoms with Gasteiger partial charge in [-0.15, -0.1) is 0 Å². The van der Waals surface area contributed by atoms with Crippen molar-refractivity contribution in [2.45, 2.75) is 13.5 Å². The molecule has 0 saturated heterocycles. The molecule has 0 saturated carbocycles. The number of benzene rings is 1. The Labute approximate surface area is 95.5 Å². The number of hydrogen-bond acceptors (Lipinski definition) is 3. The van der Waals surface area contributed by atoms with Crippen molar-refractivity contribution in [3.8, 4) is 5.75 Å². The first-order chi connectivity index (χ1) is 7.76. The van der Waals surface area contributed by atoms with Crippen molar-refractivity contribution < 1.29 is 4.74 Å². The van der Waals surface area contributed by atoms with E-state index in [9.17, 15) is 0 Å². The van der Waals surface area contributed by atoms with Crippen molar-refractivity contribution in [1.82, 2.24) is 10.3 Å². The molecule has 1 heterocycles. The number of methoxy groups -OCH3 is 1. The van der Waals surface area contributed by atoms with Crippen LogP contribution in [-0.2, 0) is 6.54 Å². The second-order valence-corrected chi connectivity index (χ2v) is 3.80. The Bertz CT molecular complexity index is 509. The largest absolute Gasteiger partial charge is 0.494 e. The predicted molar refractivity (Wildman–Crippen MR) is 65.8 cm³/mol. The van der Waals surface area contributed by atoms with E-state index < -0.39 is 0 Å². The SMILES string of the molecule is CNCc1cc2cccc(OC)c2nc1C. The van der Waals surface area contributed by atoms with E-state index in [0.717, 1.165) is 28.9 Å². The lowest BCUT2D eigenvalue weighted by molar-refractivity contribution is 0.419. The summed E-state index contributed by atoms with van der Waals surface area (Å²) >= 11 is 0. The highest BCUT2D eigenvalue weighted by molar-refractivity contribution is 5.85. The molecular weight excluding hydrogens is 200 g/mol. The van der Waals surface area contributed by atoms with Gasteiger partial charge < -0.3 is 10.1 Å². The zero-order valence-electron chi connectivity index (χ0n) is 9.87. The third-order valence-corrected chi connectivity index (χ3v) is 2.69. The molecule has 0 aliphatic heterocycles. The predicted octanol–water partition coefficient (Wildman–Crippen LogP) is 2.27. The summed E-state index contributed by atoms with van der Waals surface area (Å²) in [5.74, 6) is 0.830. The van der Waals surface area contributed by atoms with Crippen LogP contribution in [0.15, 0.2) is 24.3 Å². The van der Waals surface area contributed by atoms with Crippen LogP contribution in [0.2, 0.25) is 0 Å². The van der Waals surface area contributed by atoms with Crippen molar-refractivity contribution in [3.63, 3.8) is 0 Å². The number of para-hydroxylation sites is 1. The van der Waals surface area contributed by atoms with Crippen LogP contribution in [0.1, 0.15) is 11.3 Å². The van der Waals surface area contributed by atoms with Crippen molar-refractivity contribution in [2.24, 2.45) is 0 Å². The Balaban J connectivity index is 2.63. The van der Waals surface area contributed by atoms with Gasteiger partial charge in [-0.1, -0.05) is 12.1 Å². The van der Waals surface area contributed by atoms with Crippen molar-refractivity contribution in [3.05, 3.63) is 35.5 Å². The van der Waals surface area contributed by atoms with Crippen LogP contribution < -0.4 is 10.1 Å². The molecule has 0 bridgehead atoms. The average Bonchev–Trinajstić information content (AvgIpc) is 2.30. The molecule has 0 atom stereocenters. The molecule has 0 aliphatic rings. The molecule has 3 nitrogen and oxygen atoms in total. The summed E-state index contributed by atoms with van der Waals surface area (Å²) in [4.78, 5) is 4.60. The lowest BCUT2D eigenvalue weighted by Gasteiger charge is -2.09. The standard InChI is InChI=1S/C13H16N2O/c1-9-11(8-14-2)7-10-5-4-6-12(16-3)13(10)15-9/h4-7,14H,8H2,1-3H3. The zero-order chi connectivity index (χ0) is 11.5. The molecular formula is C13H16N2O. The van der Waals surface area contributed by atoms with Gasteiger partial charge >= 0.3 is 0 Å². The molecule has 0 fully saturated rings. The Hall–Kier alpha value is -1.61. The molecule has 84 valence electrons. The second kappa shape index (κ2) is 4.49. The van der Waals surface area contributed by atoms with Crippen LogP contribution in [0.25, 0.3) is 10.9 Å². The summed E-state index contributed by atoms with van der Waals surface area (Å²) < 4.78 is 5.30. The molecule has 1 aromatic carbocycles.